The Morgan fingerprint density at radius 3 is 1.09 bits per heavy atom. The number of aryl methyl sites for hydroxylation is 3. The first-order valence-corrected chi connectivity index (χ1v) is 21.7. The summed E-state index contributed by atoms with van der Waals surface area (Å²) in [5, 5.41) is 0. The zero-order valence-electron chi connectivity index (χ0n) is 34.8. The summed E-state index contributed by atoms with van der Waals surface area (Å²) in [6.45, 7) is 6.49. The van der Waals surface area contributed by atoms with Crippen LogP contribution in [0.3, 0.4) is 0 Å². The molecule has 7 rings (SSSR count). The van der Waals surface area contributed by atoms with Gasteiger partial charge in [0.1, 0.15) is 19.6 Å². The maximum Gasteiger partial charge on any atom is 0.173 e. The predicted octanol–water partition coefficient (Wildman–Crippen LogP) is 7.34. The standard InChI is InChI=1S/C51H63N6/c1-52-28-16-25-49(52)46-22-13-34-55(40-46)31-10-4-7-19-43-37-44(20-8-5-11-32-56-35-14-23-47(41-56)50-26-17-29-53(50)2)39-45(38-43)21-9-6-12-33-57-36-15-24-48(42-57)51-27-18-30-54(51)3/h13-15,22-24,34-42,49-51H,4-6,10-12,16-18,25-33H2,1-3H3/q+3. The van der Waals surface area contributed by atoms with Crippen LogP contribution in [0, 0.1) is 35.5 Å². The third-order valence-corrected chi connectivity index (χ3v) is 12.1. The van der Waals surface area contributed by atoms with Gasteiger partial charge in [-0.2, -0.15) is 0 Å². The van der Waals surface area contributed by atoms with Crippen molar-refractivity contribution in [2.45, 2.75) is 115 Å². The summed E-state index contributed by atoms with van der Waals surface area (Å²) in [5.74, 6) is 20.8. The number of rotatable bonds is 12. The van der Waals surface area contributed by atoms with Crippen LogP contribution in [-0.4, -0.2) is 55.5 Å². The molecule has 0 spiro atoms. The first kappa shape index (κ1) is 40.4. The lowest BCUT2D eigenvalue weighted by molar-refractivity contribution is -0.697. The second kappa shape index (κ2) is 20.6. The van der Waals surface area contributed by atoms with Crippen molar-refractivity contribution in [3.8, 4) is 35.5 Å². The van der Waals surface area contributed by atoms with E-state index in [0.717, 1.165) is 74.8 Å². The van der Waals surface area contributed by atoms with E-state index in [1.807, 2.05) is 0 Å². The average molecular weight is 760 g/mol. The normalized spacial score (nSPS) is 19.7. The van der Waals surface area contributed by atoms with E-state index in [2.05, 4.69) is 177 Å². The van der Waals surface area contributed by atoms with Gasteiger partial charge in [0.2, 0.25) is 0 Å². The van der Waals surface area contributed by atoms with Crippen LogP contribution < -0.4 is 13.7 Å². The summed E-state index contributed by atoms with van der Waals surface area (Å²) in [7, 11) is 6.73. The van der Waals surface area contributed by atoms with Crippen molar-refractivity contribution in [1.82, 2.24) is 14.7 Å². The third kappa shape index (κ3) is 11.7. The molecular weight excluding hydrogens is 697 g/mol. The highest BCUT2D eigenvalue weighted by atomic mass is 15.2. The number of hydrogen-bond acceptors (Lipinski definition) is 3. The molecule has 4 aromatic rings. The van der Waals surface area contributed by atoms with E-state index >= 15 is 0 Å². The molecule has 3 atom stereocenters. The van der Waals surface area contributed by atoms with Gasteiger partial charge in [0, 0.05) is 108 Å². The number of aromatic nitrogens is 3. The molecule has 3 aromatic heterocycles. The second-order valence-corrected chi connectivity index (χ2v) is 16.6. The van der Waals surface area contributed by atoms with E-state index in [4.69, 9.17) is 0 Å². The Bertz CT molecular complexity index is 1890. The van der Waals surface area contributed by atoms with Gasteiger partial charge in [0.25, 0.3) is 0 Å². The SMILES string of the molecule is CN1CCCC1c1ccc[n+](CCCC#Cc2cc(C#CCCC[n+]3cccc(C4CCCN4C)c3)cc(C#CCCC[n+]3cccc(C4CCCN4C)c3)c2)c1. The molecule has 3 aliphatic rings. The Labute approximate surface area is 343 Å². The second-order valence-electron chi connectivity index (χ2n) is 16.6. The third-order valence-electron chi connectivity index (χ3n) is 12.1. The summed E-state index contributed by atoms with van der Waals surface area (Å²) in [5.41, 5.74) is 7.28. The van der Waals surface area contributed by atoms with Crippen molar-refractivity contribution < 1.29 is 13.7 Å². The van der Waals surface area contributed by atoms with Gasteiger partial charge < -0.3 is 0 Å². The van der Waals surface area contributed by atoms with Gasteiger partial charge in [-0.25, -0.2) is 13.7 Å². The number of unbranched alkanes of at least 4 members (excludes halogenated alkanes) is 3. The van der Waals surface area contributed by atoms with Crippen LogP contribution in [0.5, 0.6) is 0 Å². The van der Waals surface area contributed by atoms with Gasteiger partial charge >= 0.3 is 0 Å². The Morgan fingerprint density at radius 1 is 0.491 bits per heavy atom. The van der Waals surface area contributed by atoms with E-state index in [-0.39, 0.29) is 0 Å². The van der Waals surface area contributed by atoms with Gasteiger partial charge in [0.05, 0.1) is 0 Å². The molecule has 0 amide bonds. The Kier molecular flexibility index (Phi) is 14.6. The van der Waals surface area contributed by atoms with Crippen molar-refractivity contribution in [2.24, 2.45) is 0 Å². The maximum atomic E-state index is 3.47. The summed E-state index contributed by atoms with van der Waals surface area (Å²) in [6, 6.07) is 21.5. The monoisotopic (exact) mass is 760 g/mol. The molecule has 0 saturated carbocycles. The minimum atomic E-state index is 0.546. The first-order chi connectivity index (χ1) is 28.0. The number of pyridine rings is 3. The quantitative estimate of drug-likeness (QED) is 0.0858. The van der Waals surface area contributed by atoms with Crippen LogP contribution in [0.25, 0.3) is 0 Å². The molecule has 0 N–H and O–H groups in total. The van der Waals surface area contributed by atoms with Crippen LogP contribution >= 0.6 is 0 Å². The molecule has 0 radical (unpaired) electrons. The van der Waals surface area contributed by atoms with Crippen LogP contribution in [0.4, 0.5) is 0 Å². The lowest BCUT2D eigenvalue weighted by Crippen LogP contribution is -2.34. The van der Waals surface area contributed by atoms with E-state index in [1.54, 1.807) is 0 Å². The van der Waals surface area contributed by atoms with Gasteiger partial charge in [0.15, 0.2) is 37.2 Å². The summed E-state index contributed by atoms with van der Waals surface area (Å²) >= 11 is 0. The van der Waals surface area contributed by atoms with Gasteiger partial charge in [-0.05, 0) is 116 Å². The maximum absolute atomic E-state index is 3.47. The van der Waals surface area contributed by atoms with E-state index in [0.29, 0.717) is 18.1 Å². The van der Waals surface area contributed by atoms with E-state index in [9.17, 15) is 0 Å². The number of hydrogen-bond donors (Lipinski definition) is 0. The molecule has 6 nitrogen and oxygen atoms in total. The largest absolute Gasteiger partial charge is 0.299 e. The summed E-state index contributed by atoms with van der Waals surface area (Å²) in [4.78, 5) is 7.43. The van der Waals surface area contributed by atoms with Crippen LogP contribution in [-0.2, 0) is 19.6 Å². The molecule has 3 saturated heterocycles. The topological polar surface area (TPSA) is 21.4 Å². The van der Waals surface area contributed by atoms with Crippen molar-refractivity contribution in [2.75, 3.05) is 40.8 Å². The Balaban J connectivity index is 0.965. The van der Waals surface area contributed by atoms with Crippen molar-refractivity contribution >= 4 is 0 Å². The minimum absolute atomic E-state index is 0.546. The molecule has 294 valence electrons. The van der Waals surface area contributed by atoms with Crippen LogP contribution in [0.1, 0.15) is 129 Å². The average Bonchev–Trinajstić information content (AvgIpc) is 3.98. The first-order valence-electron chi connectivity index (χ1n) is 21.7. The van der Waals surface area contributed by atoms with Crippen molar-refractivity contribution in [3.05, 3.63) is 125 Å². The zero-order valence-corrected chi connectivity index (χ0v) is 34.8. The van der Waals surface area contributed by atoms with Crippen molar-refractivity contribution in [1.29, 1.82) is 0 Å². The Hall–Kier alpha value is -4.77. The Morgan fingerprint density at radius 2 is 0.807 bits per heavy atom. The minimum Gasteiger partial charge on any atom is -0.299 e. The van der Waals surface area contributed by atoms with Gasteiger partial charge in [-0.1, -0.05) is 35.5 Å². The lowest BCUT2D eigenvalue weighted by atomic mass is 10.1. The summed E-state index contributed by atoms with van der Waals surface area (Å²) < 4.78 is 7.00. The molecule has 1 aromatic carbocycles. The fourth-order valence-electron chi connectivity index (χ4n) is 9.02. The fourth-order valence-corrected chi connectivity index (χ4v) is 9.02. The molecule has 0 bridgehead atoms. The van der Waals surface area contributed by atoms with E-state index in [1.165, 1.54) is 74.8 Å². The van der Waals surface area contributed by atoms with Crippen molar-refractivity contribution in [3.63, 3.8) is 0 Å². The molecule has 3 fully saturated rings. The van der Waals surface area contributed by atoms with E-state index < -0.39 is 0 Å². The zero-order chi connectivity index (χ0) is 39.2. The highest BCUT2D eigenvalue weighted by molar-refractivity contribution is 5.51. The summed E-state index contributed by atoms with van der Waals surface area (Å²) in [6.07, 6.45) is 26.8. The molecule has 3 aliphatic heterocycles. The van der Waals surface area contributed by atoms with Gasteiger partial charge in [-0.15, -0.1) is 0 Å². The lowest BCUT2D eigenvalue weighted by Gasteiger charge is -2.18. The number of nitrogens with zero attached hydrogens (tertiary/aromatic N) is 6. The molecule has 6 heteroatoms. The molecule has 3 unspecified atom stereocenters. The van der Waals surface area contributed by atoms with Crippen LogP contribution in [0.2, 0.25) is 0 Å². The van der Waals surface area contributed by atoms with Crippen LogP contribution in [0.15, 0.2) is 91.8 Å². The molecular formula is C51H63N6+3. The fraction of sp³-hybridized carbons (Fsp3) is 0.471. The molecule has 57 heavy (non-hydrogen) atoms. The van der Waals surface area contributed by atoms with Gasteiger partial charge in [-0.3, -0.25) is 14.7 Å². The molecule has 0 aliphatic carbocycles. The predicted molar refractivity (Wildman–Crippen MR) is 229 cm³/mol. The molecule has 6 heterocycles. The highest BCUT2D eigenvalue weighted by Crippen LogP contribution is 2.31. The highest BCUT2D eigenvalue weighted by Gasteiger charge is 2.26. The number of benzene rings is 1. The number of likely N-dealkylation sites (tertiary alicyclic amines) is 3. The smallest absolute Gasteiger partial charge is 0.173 e.